The zero-order chi connectivity index (χ0) is 59.7. The van der Waals surface area contributed by atoms with Gasteiger partial charge < -0.3 is 19.6 Å². The number of hydroxylamine groups is 2. The highest BCUT2D eigenvalue weighted by Gasteiger charge is 2.46. The van der Waals surface area contributed by atoms with E-state index in [-0.39, 0.29) is 75.9 Å². The van der Waals surface area contributed by atoms with Crippen molar-refractivity contribution in [1.29, 1.82) is 0 Å². The highest BCUT2D eigenvalue weighted by atomic mass is 32.2. The standard InChI is InChI=1S/C45H58N4O21S5.O3S/c1-44(2)33-13-6-7-14-36(33)47(22-10-24-71(55,56)57)38(44)15-9-16-39-45(3,34-27-32(75(67,68)69)17-18-37(34)48(39)23-11-25-72(58,59)60)21-8-4-5-12-31(50)26-30(28-73(61,62)63)42(53)46-35(29-74(64,65)66)43(54)70-49-40(51)19-20-41(49)52;1-4(2)3/h6-7,9,13-18,27,30,35H,4-5,8,10-12,19-26,28-29H2,1-3H3,(H5-,46,53,55,56,57,58,59,60,61,62,63,64,65,66,67,68,69);. The molecule has 3 amide bonds. The summed E-state index contributed by atoms with van der Waals surface area (Å²) in [6, 6.07) is 8.98. The number of Topliss-reactive ketones (excluding diaryl/α,β-unsaturated/α-hetero) is 1. The molecule has 79 heavy (non-hydrogen) atoms. The van der Waals surface area contributed by atoms with Crippen LogP contribution in [0.5, 0.6) is 0 Å². The van der Waals surface area contributed by atoms with Crippen LogP contribution in [0, 0.1) is 5.92 Å². The van der Waals surface area contributed by atoms with Gasteiger partial charge in [0, 0.05) is 78.9 Å². The molecular formula is C45H58N4O24S6. The SMILES string of the molecule is CC1(C)C(/C=C/C=C2/N(CCCS(=O)(=O)O)c3ccc(S(=O)(=O)O)cc3C2(C)CCCCCC(=O)CC(CS(=O)(=O)O)C(=O)NC(CS(=O)(=O)O)C(=O)ON2C(=O)CCC2=O)=[N+](CCCS(=O)(=O)[O-])c2ccccc21.O=S(=O)=O. The largest absolute Gasteiger partial charge is 0.748 e. The Bertz CT molecular complexity index is 3500. The Hall–Kier alpha value is -5.69. The van der Waals surface area contributed by atoms with Crippen LogP contribution in [-0.4, -0.2) is 164 Å². The van der Waals surface area contributed by atoms with E-state index in [1.165, 1.54) is 12.1 Å². The molecule has 3 aliphatic heterocycles. The van der Waals surface area contributed by atoms with Crippen molar-refractivity contribution in [2.45, 2.75) is 107 Å². The summed E-state index contributed by atoms with van der Waals surface area (Å²) < 4.78 is 197. The Labute approximate surface area is 457 Å². The Morgan fingerprint density at radius 2 is 1.41 bits per heavy atom. The number of para-hydroxylation sites is 1. The minimum absolute atomic E-state index is 0.0125. The average Bonchev–Trinajstić information content (AvgIpc) is 4.07. The number of ketones is 1. The van der Waals surface area contributed by atoms with Gasteiger partial charge in [-0.3, -0.25) is 37.4 Å². The van der Waals surface area contributed by atoms with Crippen molar-refractivity contribution in [3.63, 3.8) is 0 Å². The number of imide groups is 1. The van der Waals surface area contributed by atoms with Gasteiger partial charge in [-0.25, -0.2) is 13.2 Å². The lowest BCUT2D eigenvalue weighted by Crippen LogP contribution is -2.51. The van der Waals surface area contributed by atoms with Crippen LogP contribution in [0.15, 0.2) is 71.3 Å². The monoisotopic (exact) mass is 1230 g/mol. The van der Waals surface area contributed by atoms with E-state index in [0.717, 1.165) is 23.0 Å². The topological polar surface area (TPSA) is 442 Å². The van der Waals surface area contributed by atoms with Gasteiger partial charge in [0.15, 0.2) is 5.71 Å². The van der Waals surface area contributed by atoms with E-state index in [2.05, 4.69) is 4.84 Å². The molecule has 3 heterocycles. The molecule has 3 aliphatic rings. The normalized spacial score (nSPS) is 18.8. The number of unbranched alkanes of at least 4 members (excludes halogenated alkanes) is 2. The third-order valence-electron chi connectivity index (χ3n) is 12.9. The van der Waals surface area contributed by atoms with E-state index in [1.807, 2.05) is 48.0 Å². The third kappa shape index (κ3) is 19.2. The van der Waals surface area contributed by atoms with E-state index >= 15 is 0 Å². The molecule has 0 saturated carbocycles. The van der Waals surface area contributed by atoms with Gasteiger partial charge in [0.2, 0.25) is 11.6 Å². The fourth-order valence-electron chi connectivity index (χ4n) is 9.43. The number of nitrogens with zero attached hydrogens (tertiary/aromatic N) is 3. The van der Waals surface area contributed by atoms with Crippen molar-refractivity contribution < 1.29 is 111 Å². The lowest BCUT2D eigenvalue weighted by atomic mass is 9.77. The van der Waals surface area contributed by atoms with E-state index in [1.54, 1.807) is 30.1 Å². The molecular weight excluding hydrogens is 1170 g/mol. The summed E-state index contributed by atoms with van der Waals surface area (Å²) in [6.07, 6.45) is 4.08. The van der Waals surface area contributed by atoms with Gasteiger partial charge in [-0.2, -0.15) is 38.2 Å². The number of carbonyl (C=O) groups excluding carboxylic acids is 5. The maximum absolute atomic E-state index is 13.4. The second-order valence-electron chi connectivity index (χ2n) is 19.2. The quantitative estimate of drug-likeness (QED) is 0.0362. The van der Waals surface area contributed by atoms with Crippen LogP contribution in [-0.2, 0) is 101 Å². The predicted octanol–water partition coefficient (Wildman–Crippen LogP) is 1.13. The summed E-state index contributed by atoms with van der Waals surface area (Å²) in [6.45, 7) is 5.84. The first kappa shape index (κ1) is 65.8. The summed E-state index contributed by atoms with van der Waals surface area (Å²) in [5, 5.41) is 1.87. The molecule has 28 nitrogen and oxygen atoms in total. The first-order valence-corrected chi connectivity index (χ1v) is 32.6. The van der Waals surface area contributed by atoms with E-state index in [4.69, 9.17) is 12.6 Å². The van der Waals surface area contributed by atoms with Crippen LogP contribution in [0.2, 0.25) is 0 Å². The van der Waals surface area contributed by atoms with Crippen LogP contribution in [0.3, 0.4) is 0 Å². The number of allylic oxidation sites excluding steroid dienone is 4. The second kappa shape index (κ2) is 26.3. The van der Waals surface area contributed by atoms with Gasteiger partial charge in [-0.15, -0.1) is 17.7 Å². The van der Waals surface area contributed by atoms with Crippen molar-refractivity contribution in [1.82, 2.24) is 10.4 Å². The van der Waals surface area contributed by atoms with Gasteiger partial charge in [-0.1, -0.05) is 37.1 Å². The van der Waals surface area contributed by atoms with Crippen LogP contribution in [0.1, 0.15) is 96.1 Å². The molecule has 0 aliphatic carbocycles. The molecule has 438 valence electrons. The van der Waals surface area contributed by atoms with E-state index in [9.17, 15) is 88.8 Å². The number of fused-ring (bicyclic) bond motifs is 2. The molecule has 1 saturated heterocycles. The fraction of sp³-hybridized carbons (Fsp3) is 0.511. The maximum atomic E-state index is 13.4. The lowest BCUT2D eigenvalue weighted by molar-refractivity contribution is -0.437. The zero-order valence-electron chi connectivity index (χ0n) is 42.5. The first-order chi connectivity index (χ1) is 36.2. The molecule has 0 aromatic heterocycles. The molecule has 0 radical (unpaired) electrons. The summed E-state index contributed by atoms with van der Waals surface area (Å²) in [5.74, 6) is -12.0. The number of hydrogen-bond acceptors (Lipinski definition) is 21. The van der Waals surface area contributed by atoms with Crippen LogP contribution in [0.25, 0.3) is 0 Å². The first-order valence-electron chi connectivity index (χ1n) is 23.7. The van der Waals surface area contributed by atoms with E-state index < -0.39 is 148 Å². The van der Waals surface area contributed by atoms with E-state index in [0.29, 0.717) is 16.9 Å². The van der Waals surface area contributed by atoms with Crippen LogP contribution < -0.4 is 10.2 Å². The Morgan fingerprint density at radius 3 is 1.97 bits per heavy atom. The van der Waals surface area contributed by atoms with Crippen LogP contribution in [0.4, 0.5) is 11.4 Å². The number of benzene rings is 2. The third-order valence-corrected chi connectivity index (χ3v) is 17.0. The molecule has 0 spiro atoms. The predicted molar refractivity (Wildman–Crippen MR) is 275 cm³/mol. The zero-order valence-corrected chi connectivity index (χ0v) is 47.4. The van der Waals surface area contributed by atoms with Crippen molar-refractivity contribution in [2.75, 3.05) is 41.0 Å². The number of nitrogens with one attached hydrogen (secondary N) is 1. The number of rotatable bonds is 27. The minimum atomic E-state index is -5.10. The number of carbonyl (C=O) groups is 5. The molecule has 3 atom stereocenters. The van der Waals surface area contributed by atoms with Crippen molar-refractivity contribution in [3.8, 4) is 0 Å². The number of amides is 3. The molecule has 2 aromatic rings. The van der Waals surface area contributed by atoms with Crippen molar-refractivity contribution in [2.24, 2.45) is 5.92 Å². The molecule has 5 N–H and O–H groups in total. The van der Waals surface area contributed by atoms with Gasteiger partial charge in [0.1, 0.15) is 24.1 Å². The lowest BCUT2D eigenvalue weighted by Gasteiger charge is -2.30. The molecule has 34 heteroatoms. The Morgan fingerprint density at radius 1 is 0.797 bits per heavy atom. The van der Waals surface area contributed by atoms with Crippen molar-refractivity contribution >= 4 is 108 Å². The Balaban J connectivity index is 0.00000325. The summed E-state index contributed by atoms with van der Waals surface area (Å²) in [4.78, 5) is 69.4. The Kier molecular flexibility index (Phi) is 21.9. The fourth-order valence-corrected chi connectivity index (χ4v) is 12.3. The second-order valence-corrected chi connectivity index (χ2v) is 27.2. The summed E-state index contributed by atoms with van der Waals surface area (Å²) >= 11 is 0. The molecule has 0 bridgehead atoms. The number of hydrogen-bond donors (Lipinski definition) is 5. The average molecular weight is 1230 g/mol. The van der Waals surface area contributed by atoms with Crippen molar-refractivity contribution in [3.05, 3.63) is 77.5 Å². The summed E-state index contributed by atoms with van der Waals surface area (Å²) in [7, 11) is -27.0. The van der Waals surface area contributed by atoms with Gasteiger partial charge in [0.25, 0.3) is 52.3 Å². The smallest absolute Gasteiger partial charge is 0.425 e. The van der Waals surface area contributed by atoms with Gasteiger partial charge >= 0.3 is 16.6 Å². The van der Waals surface area contributed by atoms with Crippen LogP contribution >= 0.6 is 0 Å². The highest BCUT2D eigenvalue weighted by molar-refractivity contribution is 7.86. The molecule has 5 rings (SSSR count). The van der Waals surface area contributed by atoms with Gasteiger partial charge in [-0.05, 0) is 69.9 Å². The maximum Gasteiger partial charge on any atom is 0.425 e. The minimum Gasteiger partial charge on any atom is -0.748 e. The highest BCUT2D eigenvalue weighted by Crippen LogP contribution is 2.51. The van der Waals surface area contributed by atoms with Gasteiger partial charge in [0.05, 0.1) is 37.9 Å². The molecule has 3 unspecified atom stereocenters. The summed E-state index contributed by atoms with van der Waals surface area (Å²) in [5.41, 5.74) is 2.00. The molecule has 2 aromatic carbocycles. The molecule has 1 fully saturated rings. The number of anilines is 1.